The van der Waals surface area contributed by atoms with Crippen LogP contribution in [0.1, 0.15) is 32.6 Å². The fourth-order valence-corrected chi connectivity index (χ4v) is 2.46. The molecule has 0 unspecified atom stereocenters. The minimum atomic E-state index is 0.108. The van der Waals surface area contributed by atoms with E-state index in [4.69, 9.17) is 0 Å². The zero-order chi connectivity index (χ0) is 14.8. The molecule has 2 amide bonds. The van der Waals surface area contributed by atoms with Crippen LogP contribution in [0.2, 0.25) is 0 Å². The number of piperazine rings is 1. The van der Waals surface area contributed by atoms with Crippen molar-refractivity contribution in [2.45, 2.75) is 32.6 Å². The smallest absolute Gasteiger partial charge is 0.317 e. The van der Waals surface area contributed by atoms with Gasteiger partial charge in [-0.05, 0) is 40.0 Å². The minimum Gasteiger partial charge on any atom is -0.338 e. The summed E-state index contributed by atoms with van der Waals surface area (Å²) in [6.07, 6.45) is 4.88. The maximum atomic E-state index is 12.0. The highest BCUT2D eigenvalue weighted by Crippen LogP contribution is 2.04. The second kappa shape index (κ2) is 10.00. The van der Waals surface area contributed by atoms with Gasteiger partial charge in [-0.15, -0.1) is 0 Å². The van der Waals surface area contributed by atoms with Crippen molar-refractivity contribution in [3.8, 4) is 0 Å². The van der Waals surface area contributed by atoms with Crippen LogP contribution in [0.15, 0.2) is 0 Å². The number of unbranched alkanes of at least 4 members (excludes halogenated alkanes) is 2. The first-order chi connectivity index (χ1) is 9.63. The molecule has 5 heteroatoms. The van der Waals surface area contributed by atoms with Gasteiger partial charge in [0.15, 0.2) is 0 Å². The summed E-state index contributed by atoms with van der Waals surface area (Å²) in [5, 5.41) is 3.02. The number of nitrogens with one attached hydrogen (secondary N) is 1. The molecule has 20 heavy (non-hydrogen) atoms. The average Bonchev–Trinajstić information content (AvgIpc) is 2.44. The SMILES string of the molecule is CCCCCN1CCN(C(=O)NCCCN(C)C)CC1. The lowest BCUT2D eigenvalue weighted by Gasteiger charge is -2.34. The standard InChI is InChI=1S/C15H32N4O/c1-4-5-6-10-18-11-13-19(14-12-18)15(20)16-8-7-9-17(2)3/h4-14H2,1-3H3,(H,16,20). The Morgan fingerprint density at radius 2 is 1.80 bits per heavy atom. The van der Waals surface area contributed by atoms with Crippen molar-refractivity contribution < 1.29 is 4.79 Å². The Morgan fingerprint density at radius 1 is 1.10 bits per heavy atom. The number of nitrogens with zero attached hydrogens (tertiary/aromatic N) is 3. The highest BCUT2D eigenvalue weighted by Gasteiger charge is 2.20. The van der Waals surface area contributed by atoms with Crippen molar-refractivity contribution in [3.63, 3.8) is 0 Å². The minimum absolute atomic E-state index is 0.108. The fourth-order valence-electron chi connectivity index (χ4n) is 2.46. The zero-order valence-corrected chi connectivity index (χ0v) is 13.5. The number of carbonyl (C=O) groups is 1. The zero-order valence-electron chi connectivity index (χ0n) is 13.5. The third-order valence-electron chi connectivity index (χ3n) is 3.80. The first kappa shape index (κ1) is 17.2. The van der Waals surface area contributed by atoms with Crippen LogP contribution in [-0.2, 0) is 0 Å². The van der Waals surface area contributed by atoms with Crippen molar-refractivity contribution in [3.05, 3.63) is 0 Å². The van der Waals surface area contributed by atoms with Gasteiger partial charge in [-0.25, -0.2) is 4.79 Å². The van der Waals surface area contributed by atoms with Crippen LogP contribution in [0.3, 0.4) is 0 Å². The fraction of sp³-hybridized carbons (Fsp3) is 0.933. The van der Waals surface area contributed by atoms with Gasteiger partial charge in [0.2, 0.25) is 0 Å². The van der Waals surface area contributed by atoms with Crippen molar-refractivity contribution in [1.29, 1.82) is 0 Å². The summed E-state index contributed by atoms with van der Waals surface area (Å²) in [5.41, 5.74) is 0. The molecule has 0 aromatic heterocycles. The lowest BCUT2D eigenvalue weighted by molar-refractivity contribution is 0.138. The van der Waals surface area contributed by atoms with E-state index in [9.17, 15) is 4.79 Å². The maximum Gasteiger partial charge on any atom is 0.317 e. The Morgan fingerprint density at radius 3 is 2.40 bits per heavy atom. The molecular formula is C15H32N4O. The molecular weight excluding hydrogens is 252 g/mol. The van der Waals surface area contributed by atoms with Crippen LogP contribution < -0.4 is 5.32 Å². The van der Waals surface area contributed by atoms with Gasteiger partial charge in [-0.3, -0.25) is 4.90 Å². The molecule has 0 spiro atoms. The van der Waals surface area contributed by atoms with E-state index in [0.29, 0.717) is 0 Å². The molecule has 1 fully saturated rings. The number of hydrogen-bond acceptors (Lipinski definition) is 3. The van der Waals surface area contributed by atoms with Crippen molar-refractivity contribution >= 4 is 6.03 Å². The number of carbonyl (C=O) groups excluding carboxylic acids is 1. The molecule has 0 aliphatic carbocycles. The van der Waals surface area contributed by atoms with Crippen molar-refractivity contribution in [2.75, 3.05) is 59.9 Å². The number of rotatable bonds is 8. The van der Waals surface area contributed by atoms with Gasteiger partial charge >= 0.3 is 6.03 Å². The first-order valence-electron chi connectivity index (χ1n) is 8.03. The molecule has 1 aliphatic heterocycles. The highest BCUT2D eigenvalue weighted by atomic mass is 16.2. The third-order valence-corrected chi connectivity index (χ3v) is 3.80. The van der Waals surface area contributed by atoms with E-state index in [1.54, 1.807) is 0 Å². The predicted octanol–water partition coefficient (Wildman–Crippen LogP) is 1.46. The first-order valence-corrected chi connectivity index (χ1v) is 8.03. The molecule has 1 aliphatic rings. The summed E-state index contributed by atoms with van der Waals surface area (Å²) in [6, 6.07) is 0.108. The van der Waals surface area contributed by atoms with E-state index in [0.717, 1.165) is 45.7 Å². The van der Waals surface area contributed by atoms with Crippen LogP contribution in [0.4, 0.5) is 4.79 Å². The predicted molar refractivity (Wildman–Crippen MR) is 84.1 cm³/mol. The third kappa shape index (κ3) is 7.10. The molecule has 1 heterocycles. The maximum absolute atomic E-state index is 12.0. The van der Waals surface area contributed by atoms with E-state index in [-0.39, 0.29) is 6.03 Å². The van der Waals surface area contributed by atoms with E-state index in [2.05, 4.69) is 36.1 Å². The lowest BCUT2D eigenvalue weighted by atomic mass is 10.2. The van der Waals surface area contributed by atoms with E-state index < -0.39 is 0 Å². The molecule has 0 saturated carbocycles. The van der Waals surface area contributed by atoms with Crippen molar-refractivity contribution in [2.24, 2.45) is 0 Å². The summed E-state index contributed by atoms with van der Waals surface area (Å²) < 4.78 is 0. The van der Waals surface area contributed by atoms with Crippen molar-refractivity contribution in [1.82, 2.24) is 20.0 Å². The quantitative estimate of drug-likeness (QED) is 0.686. The summed E-state index contributed by atoms with van der Waals surface area (Å²) in [4.78, 5) is 18.6. The molecule has 0 radical (unpaired) electrons. The number of urea groups is 1. The van der Waals surface area contributed by atoms with Crippen LogP contribution in [0.5, 0.6) is 0 Å². The van der Waals surface area contributed by atoms with Gasteiger partial charge in [0.25, 0.3) is 0 Å². The van der Waals surface area contributed by atoms with Crippen LogP contribution >= 0.6 is 0 Å². The van der Waals surface area contributed by atoms with E-state index in [1.807, 2.05) is 4.90 Å². The Bertz CT molecular complexity index is 263. The van der Waals surface area contributed by atoms with E-state index in [1.165, 1.54) is 25.8 Å². The molecule has 1 N–H and O–H groups in total. The topological polar surface area (TPSA) is 38.8 Å². The van der Waals surface area contributed by atoms with Gasteiger partial charge in [-0.1, -0.05) is 19.8 Å². The summed E-state index contributed by atoms with van der Waals surface area (Å²) in [5.74, 6) is 0. The Balaban J connectivity index is 2.09. The molecule has 1 rings (SSSR count). The number of hydrogen-bond donors (Lipinski definition) is 1. The summed E-state index contributed by atoms with van der Waals surface area (Å²) in [6.45, 7) is 8.99. The molecule has 118 valence electrons. The molecule has 1 saturated heterocycles. The summed E-state index contributed by atoms with van der Waals surface area (Å²) >= 11 is 0. The largest absolute Gasteiger partial charge is 0.338 e. The Hall–Kier alpha value is -0.810. The normalized spacial score (nSPS) is 16.7. The second-order valence-electron chi connectivity index (χ2n) is 5.92. The van der Waals surface area contributed by atoms with Gasteiger partial charge in [0.1, 0.15) is 0 Å². The van der Waals surface area contributed by atoms with Gasteiger partial charge in [-0.2, -0.15) is 0 Å². The molecule has 5 nitrogen and oxygen atoms in total. The molecule has 0 bridgehead atoms. The average molecular weight is 284 g/mol. The Kier molecular flexibility index (Phi) is 8.62. The molecule has 0 atom stereocenters. The van der Waals surface area contributed by atoms with Gasteiger partial charge < -0.3 is 15.1 Å². The van der Waals surface area contributed by atoms with Crippen LogP contribution in [0, 0.1) is 0 Å². The molecule has 0 aromatic carbocycles. The Labute approximate surface area is 124 Å². The monoisotopic (exact) mass is 284 g/mol. The number of amides is 2. The van der Waals surface area contributed by atoms with E-state index >= 15 is 0 Å². The highest BCUT2D eigenvalue weighted by molar-refractivity contribution is 5.74. The molecule has 0 aromatic rings. The van der Waals surface area contributed by atoms with Gasteiger partial charge in [0.05, 0.1) is 0 Å². The lowest BCUT2D eigenvalue weighted by Crippen LogP contribution is -2.52. The second-order valence-corrected chi connectivity index (χ2v) is 5.92. The van der Waals surface area contributed by atoms with Crippen LogP contribution in [0.25, 0.3) is 0 Å². The summed E-state index contributed by atoms with van der Waals surface area (Å²) in [7, 11) is 4.11. The van der Waals surface area contributed by atoms with Gasteiger partial charge in [0, 0.05) is 32.7 Å². The van der Waals surface area contributed by atoms with Crippen LogP contribution in [-0.4, -0.2) is 80.6 Å².